The Morgan fingerprint density at radius 3 is 2.72 bits per heavy atom. The van der Waals surface area contributed by atoms with E-state index in [1.807, 2.05) is 75.2 Å². The molecule has 3 heterocycles. The molecule has 1 unspecified atom stereocenters. The number of para-hydroxylation sites is 1. The van der Waals surface area contributed by atoms with Crippen molar-refractivity contribution >= 4 is 16.8 Å². The molecule has 1 N–H and O–H groups in total. The van der Waals surface area contributed by atoms with Gasteiger partial charge in [0.15, 0.2) is 0 Å². The molecule has 0 radical (unpaired) electrons. The minimum Gasteiger partial charge on any atom is -0.345 e. The number of aromatic nitrogens is 5. The Labute approximate surface area is 169 Å². The molecule has 3 aromatic heterocycles. The Morgan fingerprint density at radius 2 is 2.03 bits per heavy atom. The maximum atomic E-state index is 13.2. The van der Waals surface area contributed by atoms with E-state index in [9.17, 15) is 4.79 Å². The van der Waals surface area contributed by atoms with Crippen molar-refractivity contribution in [2.75, 3.05) is 0 Å². The number of rotatable bonds is 5. The summed E-state index contributed by atoms with van der Waals surface area (Å²) in [5.74, 6) is -0.134. The predicted molar refractivity (Wildman–Crippen MR) is 112 cm³/mol. The first-order chi connectivity index (χ1) is 14.0. The minimum atomic E-state index is -0.156. The third kappa shape index (κ3) is 3.63. The van der Waals surface area contributed by atoms with Crippen molar-refractivity contribution in [3.05, 3.63) is 65.7 Å². The van der Waals surface area contributed by atoms with Crippen LogP contribution in [-0.4, -0.2) is 30.5 Å². The van der Waals surface area contributed by atoms with E-state index in [0.717, 1.165) is 40.0 Å². The predicted octanol–water partition coefficient (Wildman–Crippen LogP) is 3.65. The van der Waals surface area contributed by atoms with Crippen LogP contribution in [0, 0.1) is 6.92 Å². The van der Waals surface area contributed by atoms with Crippen LogP contribution < -0.4 is 5.32 Å². The Balaban J connectivity index is 1.71. The Morgan fingerprint density at radius 1 is 1.24 bits per heavy atom. The van der Waals surface area contributed by atoms with E-state index in [-0.39, 0.29) is 11.9 Å². The number of hydrogen-bond donors (Lipinski definition) is 1. The number of nitrogens with one attached hydrogen (secondary N) is 1. The fraction of sp³-hybridized carbons (Fsp3) is 0.273. The second-order valence-corrected chi connectivity index (χ2v) is 7.20. The summed E-state index contributed by atoms with van der Waals surface area (Å²) >= 11 is 0. The lowest BCUT2D eigenvalue weighted by molar-refractivity contribution is 0.0941. The van der Waals surface area contributed by atoms with Crippen LogP contribution in [0.1, 0.15) is 41.5 Å². The highest BCUT2D eigenvalue weighted by Crippen LogP contribution is 2.25. The lowest BCUT2D eigenvalue weighted by atomic mass is 10.0. The van der Waals surface area contributed by atoms with E-state index in [1.54, 1.807) is 10.9 Å². The number of carbonyl (C=O) groups is 1. The van der Waals surface area contributed by atoms with Gasteiger partial charge in [-0.05, 0) is 32.9 Å². The highest BCUT2D eigenvalue weighted by atomic mass is 16.1. The average molecular weight is 388 g/mol. The van der Waals surface area contributed by atoms with Gasteiger partial charge in [0.25, 0.3) is 5.91 Å². The number of aryl methyl sites for hydroxylation is 3. The zero-order valence-electron chi connectivity index (χ0n) is 17.0. The van der Waals surface area contributed by atoms with Crippen molar-refractivity contribution in [2.24, 2.45) is 7.05 Å². The molecule has 7 nitrogen and oxygen atoms in total. The van der Waals surface area contributed by atoms with E-state index in [0.29, 0.717) is 5.56 Å². The molecular weight excluding hydrogens is 364 g/mol. The fourth-order valence-corrected chi connectivity index (χ4v) is 3.54. The number of benzene rings is 1. The Hall–Kier alpha value is -3.48. The monoisotopic (exact) mass is 388 g/mol. The average Bonchev–Trinajstić information content (AvgIpc) is 3.32. The van der Waals surface area contributed by atoms with Gasteiger partial charge in [-0.2, -0.15) is 10.2 Å². The molecule has 0 saturated carbocycles. The zero-order valence-corrected chi connectivity index (χ0v) is 17.0. The number of pyridine rings is 1. The zero-order chi connectivity index (χ0) is 20.5. The van der Waals surface area contributed by atoms with Crippen molar-refractivity contribution in [3.8, 4) is 11.3 Å². The maximum Gasteiger partial charge on any atom is 0.252 e. The van der Waals surface area contributed by atoms with Crippen LogP contribution in [0.4, 0.5) is 0 Å². The van der Waals surface area contributed by atoms with Crippen LogP contribution in [0.15, 0.2) is 48.9 Å². The summed E-state index contributed by atoms with van der Waals surface area (Å²) in [5, 5.41) is 12.7. The molecule has 29 heavy (non-hydrogen) atoms. The minimum absolute atomic E-state index is 0.134. The van der Waals surface area contributed by atoms with Gasteiger partial charge in [0.1, 0.15) is 0 Å². The van der Waals surface area contributed by atoms with Crippen molar-refractivity contribution in [1.82, 2.24) is 29.9 Å². The summed E-state index contributed by atoms with van der Waals surface area (Å²) in [5.41, 5.74) is 4.93. The first-order valence-corrected chi connectivity index (χ1v) is 9.70. The molecule has 0 aliphatic rings. The smallest absolute Gasteiger partial charge is 0.252 e. The quantitative estimate of drug-likeness (QED) is 0.566. The standard InChI is InChI=1S/C22H24N6O/c1-5-28-13-19(15(3)26-28)14(2)24-22(29)18-10-21(16-11-23-27(4)12-16)25-20-9-7-6-8-17(18)20/h6-14H,5H2,1-4H3,(H,24,29). The van der Waals surface area contributed by atoms with E-state index in [4.69, 9.17) is 4.98 Å². The van der Waals surface area contributed by atoms with Crippen LogP contribution in [-0.2, 0) is 13.6 Å². The molecule has 0 spiro atoms. The van der Waals surface area contributed by atoms with Gasteiger partial charge in [-0.3, -0.25) is 14.2 Å². The molecule has 0 saturated heterocycles. The van der Waals surface area contributed by atoms with Crippen LogP contribution in [0.3, 0.4) is 0 Å². The summed E-state index contributed by atoms with van der Waals surface area (Å²) < 4.78 is 3.61. The fourth-order valence-electron chi connectivity index (χ4n) is 3.54. The molecular formula is C22H24N6O. The maximum absolute atomic E-state index is 13.2. The van der Waals surface area contributed by atoms with E-state index in [2.05, 4.69) is 15.5 Å². The molecule has 1 atom stereocenters. The first-order valence-electron chi connectivity index (χ1n) is 9.70. The molecule has 1 amide bonds. The first kappa shape index (κ1) is 18.9. The van der Waals surface area contributed by atoms with Gasteiger partial charge in [0, 0.05) is 42.5 Å². The lowest BCUT2D eigenvalue weighted by Gasteiger charge is -2.15. The normalized spacial score (nSPS) is 12.3. The van der Waals surface area contributed by atoms with E-state index < -0.39 is 0 Å². The summed E-state index contributed by atoms with van der Waals surface area (Å²) in [6.07, 6.45) is 5.64. The van der Waals surface area contributed by atoms with Crippen LogP contribution >= 0.6 is 0 Å². The van der Waals surface area contributed by atoms with Gasteiger partial charge >= 0.3 is 0 Å². The second kappa shape index (κ2) is 7.50. The molecule has 1 aromatic carbocycles. The third-order valence-electron chi connectivity index (χ3n) is 5.08. The summed E-state index contributed by atoms with van der Waals surface area (Å²) in [4.78, 5) is 18.0. The van der Waals surface area contributed by atoms with Gasteiger partial charge in [-0.1, -0.05) is 18.2 Å². The molecule has 0 aliphatic heterocycles. The van der Waals surface area contributed by atoms with Crippen molar-refractivity contribution < 1.29 is 4.79 Å². The van der Waals surface area contributed by atoms with Gasteiger partial charge in [0.05, 0.1) is 34.7 Å². The van der Waals surface area contributed by atoms with E-state index >= 15 is 0 Å². The molecule has 0 bridgehead atoms. The Bertz CT molecular complexity index is 1190. The molecule has 0 fully saturated rings. The van der Waals surface area contributed by atoms with Gasteiger partial charge in [0.2, 0.25) is 0 Å². The number of fused-ring (bicyclic) bond motifs is 1. The molecule has 148 valence electrons. The lowest BCUT2D eigenvalue weighted by Crippen LogP contribution is -2.27. The Kier molecular flexibility index (Phi) is 4.88. The summed E-state index contributed by atoms with van der Waals surface area (Å²) in [7, 11) is 1.86. The van der Waals surface area contributed by atoms with Crippen molar-refractivity contribution in [1.29, 1.82) is 0 Å². The third-order valence-corrected chi connectivity index (χ3v) is 5.08. The highest BCUT2D eigenvalue weighted by Gasteiger charge is 2.19. The molecule has 4 aromatic rings. The van der Waals surface area contributed by atoms with Crippen LogP contribution in [0.5, 0.6) is 0 Å². The largest absolute Gasteiger partial charge is 0.345 e. The van der Waals surface area contributed by atoms with Crippen molar-refractivity contribution in [3.63, 3.8) is 0 Å². The summed E-state index contributed by atoms with van der Waals surface area (Å²) in [6, 6.07) is 9.37. The summed E-state index contributed by atoms with van der Waals surface area (Å²) in [6.45, 7) is 6.79. The van der Waals surface area contributed by atoms with Crippen molar-refractivity contribution in [2.45, 2.75) is 33.4 Å². The molecule has 4 rings (SSSR count). The topological polar surface area (TPSA) is 77.6 Å². The second-order valence-electron chi connectivity index (χ2n) is 7.20. The van der Waals surface area contributed by atoms with Crippen LogP contribution in [0.2, 0.25) is 0 Å². The highest BCUT2D eigenvalue weighted by molar-refractivity contribution is 6.07. The number of nitrogens with zero attached hydrogens (tertiary/aromatic N) is 5. The molecule has 0 aliphatic carbocycles. The van der Waals surface area contributed by atoms with Gasteiger partial charge in [-0.15, -0.1) is 0 Å². The van der Waals surface area contributed by atoms with Crippen LogP contribution in [0.25, 0.3) is 22.2 Å². The van der Waals surface area contributed by atoms with Gasteiger partial charge in [-0.25, -0.2) is 4.98 Å². The number of carbonyl (C=O) groups excluding carboxylic acids is 1. The molecule has 7 heteroatoms. The van der Waals surface area contributed by atoms with E-state index in [1.165, 1.54) is 0 Å². The SMILES string of the molecule is CCn1cc(C(C)NC(=O)c2cc(-c3cnn(C)c3)nc3ccccc23)c(C)n1. The van der Waals surface area contributed by atoms with Gasteiger partial charge < -0.3 is 5.32 Å². The number of hydrogen-bond acceptors (Lipinski definition) is 4. The number of amides is 1.